The number of amides is 2. The molecule has 2 heterocycles. The lowest BCUT2D eigenvalue weighted by atomic mass is 10.1. The van der Waals surface area contributed by atoms with Gasteiger partial charge < -0.3 is 24.6 Å². The number of rotatable bonds is 6. The van der Waals surface area contributed by atoms with Gasteiger partial charge in [0.25, 0.3) is 0 Å². The van der Waals surface area contributed by atoms with Crippen LogP contribution in [0.4, 0.5) is 16.3 Å². The molecule has 4 rings (SSSR count). The van der Waals surface area contributed by atoms with E-state index >= 15 is 0 Å². The molecule has 2 amide bonds. The Morgan fingerprint density at radius 2 is 1.75 bits per heavy atom. The number of piperazine rings is 1. The van der Waals surface area contributed by atoms with Gasteiger partial charge in [0.2, 0.25) is 0 Å². The van der Waals surface area contributed by atoms with Gasteiger partial charge in [-0.05, 0) is 55.5 Å². The highest BCUT2D eigenvalue weighted by atomic mass is 16.5. The number of urea groups is 1. The van der Waals surface area contributed by atoms with E-state index in [0.717, 1.165) is 34.3 Å². The van der Waals surface area contributed by atoms with Gasteiger partial charge >= 0.3 is 6.03 Å². The third-order valence-corrected chi connectivity index (χ3v) is 5.32. The first-order valence-corrected chi connectivity index (χ1v) is 10.7. The van der Waals surface area contributed by atoms with Gasteiger partial charge in [-0.1, -0.05) is 12.1 Å². The summed E-state index contributed by atoms with van der Waals surface area (Å²) < 4.78 is 10.7. The first kappa shape index (κ1) is 21.4. The number of aromatic nitrogens is 2. The Balaban J connectivity index is 1.31. The number of nitrogens with one attached hydrogen (secondary N) is 1. The molecule has 3 aromatic rings. The zero-order valence-corrected chi connectivity index (χ0v) is 18.3. The van der Waals surface area contributed by atoms with Crippen LogP contribution in [0, 0.1) is 0 Å². The van der Waals surface area contributed by atoms with Crippen LogP contribution in [0.2, 0.25) is 0 Å². The molecule has 0 spiro atoms. The Bertz CT molecular complexity index is 1030. The summed E-state index contributed by atoms with van der Waals surface area (Å²) in [5.41, 5.74) is 2.50. The van der Waals surface area contributed by atoms with E-state index in [-0.39, 0.29) is 6.03 Å². The second-order valence-electron chi connectivity index (χ2n) is 7.37. The fourth-order valence-corrected chi connectivity index (χ4v) is 3.57. The second-order valence-corrected chi connectivity index (χ2v) is 7.37. The summed E-state index contributed by atoms with van der Waals surface area (Å²) in [5.74, 6) is 2.38. The molecule has 1 N–H and O–H groups in total. The Kier molecular flexibility index (Phi) is 6.69. The Morgan fingerprint density at radius 3 is 2.41 bits per heavy atom. The van der Waals surface area contributed by atoms with Gasteiger partial charge in [0, 0.05) is 37.4 Å². The van der Waals surface area contributed by atoms with Crippen molar-refractivity contribution in [3.05, 3.63) is 60.7 Å². The van der Waals surface area contributed by atoms with Crippen molar-refractivity contribution in [3.8, 4) is 22.8 Å². The summed E-state index contributed by atoms with van der Waals surface area (Å²) in [6, 6.07) is 19.0. The molecule has 1 saturated heterocycles. The van der Waals surface area contributed by atoms with Gasteiger partial charge in [-0.3, -0.25) is 0 Å². The van der Waals surface area contributed by atoms with Crippen LogP contribution < -0.4 is 19.7 Å². The first-order chi connectivity index (χ1) is 15.7. The van der Waals surface area contributed by atoms with Crippen molar-refractivity contribution in [1.82, 2.24) is 15.1 Å². The molecular weight excluding hydrogens is 406 g/mol. The van der Waals surface area contributed by atoms with E-state index in [1.165, 1.54) is 0 Å². The van der Waals surface area contributed by atoms with Gasteiger partial charge in [-0.15, -0.1) is 10.2 Å². The van der Waals surface area contributed by atoms with Crippen LogP contribution in [0.15, 0.2) is 60.7 Å². The third kappa shape index (κ3) is 5.08. The maximum Gasteiger partial charge on any atom is 0.321 e. The molecule has 0 unspecified atom stereocenters. The predicted molar refractivity (Wildman–Crippen MR) is 124 cm³/mol. The summed E-state index contributed by atoms with van der Waals surface area (Å²) in [5, 5.41) is 11.7. The van der Waals surface area contributed by atoms with E-state index in [1.54, 1.807) is 7.11 Å². The predicted octanol–water partition coefficient (Wildman–Crippen LogP) is 3.91. The third-order valence-electron chi connectivity index (χ3n) is 5.32. The molecular formula is C24H27N5O3. The van der Waals surface area contributed by atoms with Crippen LogP contribution in [0.5, 0.6) is 11.5 Å². The van der Waals surface area contributed by atoms with Crippen molar-refractivity contribution in [3.63, 3.8) is 0 Å². The Labute approximate surface area is 187 Å². The van der Waals surface area contributed by atoms with E-state index in [2.05, 4.69) is 20.4 Å². The number of benzene rings is 2. The van der Waals surface area contributed by atoms with Gasteiger partial charge in [0.15, 0.2) is 5.82 Å². The lowest BCUT2D eigenvalue weighted by Crippen LogP contribution is -2.50. The zero-order valence-electron chi connectivity index (χ0n) is 18.3. The quantitative estimate of drug-likeness (QED) is 0.635. The van der Waals surface area contributed by atoms with Crippen LogP contribution in [-0.2, 0) is 0 Å². The Hall–Kier alpha value is -3.81. The fourth-order valence-electron chi connectivity index (χ4n) is 3.57. The largest absolute Gasteiger partial charge is 0.497 e. The van der Waals surface area contributed by atoms with Crippen LogP contribution >= 0.6 is 0 Å². The molecule has 166 valence electrons. The molecule has 1 aromatic heterocycles. The van der Waals surface area contributed by atoms with E-state index in [0.29, 0.717) is 32.8 Å². The van der Waals surface area contributed by atoms with Crippen LogP contribution in [0.25, 0.3) is 11.3 Å². The smallest absolute Gasteiger partial charge is 0.321 e. The van der Waals surface area contributed by atoms with Gasteiger partial charge in [-0.25, -0.2) is 4.79 Å². The lowest BCUT2D eigenvalue weighted by Gasteiger charge is -2.35. The SMILES string of the molecule is CCOc1ccc(NC(=O)N2CCN(c3ccc(-c4cccc(OC)c4)nn3)CC2)cc1. The number of ether oxygens (including phenoxy) is 2. The van der Waals surface area contributed by atoms with E-state index in [1.807, 2.05) is 72.5 Å². The highest BCUT2D eigenvalue weighted by molar-refractivity contribution is 5.89. The summed E-state index contributed by atoms with van der Waals surface area (Å²) in [4.78, 5) is 16.6. The monoisotopic (exact) mass is 433 g/mol. The number of hydrogen-bond donors (Lipinski definition) is 1. The standard InChI is InChI=1S/C24H27N5O3/c1-3-32-20-9-7-19(8-10-20)25-24(30)29-15-13-28(14-16-29)23-12-11-22(26-27-23)18-5-4-6-21(17-18)31-2/h4-12,17H,3,13-16H2,1-2H3,(H,25,30). The van der Waals surface area contributed by atoms with Crippen molar-refractivity contribution >= 4 is 17.5 Å². The minimum absolute atomic E-state index is 0.103. The molecule has 8 heteroatoms. The first-order valence-electron chi connectivity index (χ1n) is 10.7. The highest BCUT2D eigenvalue weighted by Crippen LogP contribution is 2.23. The van der Waals surface area contributed by atoms with Crippen LogP contribution in [0.1, 0.15) is 6.92 Å². The number of hydrogen-bond acceptors (Lipinski definition) is 6. The van der Waals surface area contributed by atoms with Crippen molar-refractivity contribution in [2.75, 3.05) is 50.1 Å². The molecule has 0 atom stereocenters. The molecule has 1 fully saturated rings. The minimum atomic E-state index is -0.103. The van der Waals surface area contributed by atoms with Crippen LogP contribution in [0.3, 0.4) is 0 Å². The molecule has 2 aromatic carbocycles. The molecule has 0 bridgehead atoms. The van der Waals surface area contributed by atoms with E-state index in [9.17, 15) is 4.79 Å². The molecule has 8 nitrogen and oxygen atoms in total. The van der Waals surface area contributed by atoms with Crippen molar-refractivity contribution < 1.29 is 14.3 Å². The fraction of sp³-hybridized carbons (Fsp3) is 0.292. The van der Waals surface area contributed by atoms with E-state index < -0.39 is 0 Å². The summed E-state index contributed by atoms with van der Waals surface area (Å²) >= 11 is 0. The van der Waals surface area contributed by atoms with Crippen LogP contribution in [-0.4, -0.2) is 61.0 Å². The summed E-state index contributed by atoms with van der Waals surface area (Å²) in [7, 11) is 1.64. The number of methoxy groups -OCH3 is 1. The number of carbonyl (C=O) groups excluding carboxylic acids is 1. The maximum absolute atomic E-state index is 12.6. The molecule has 0 radical (unpaired) electrons. The molecule has 0 saturated carbocycles. The number of carbonyl (C=O) groups is 1. The Morgan fingerprint density at radius 1 is 0.969 bits per heavy atom. The average Bonchev–Trinajstić information content (AvgIpc) is 2.85. The second kappa shape index (κ2) is 10.00. The van der Waals surface area contributed by atoms with E-state index in [4.69, 9.17) is 9.47 Å². The normalized spacial score (nSPS) is 13.6. The highest BCUT2D eigenvalue weighted by Gasteiger charge is 2.22. The molecule has 0 aliphatic carbocycles. The zero-order chi connectivity index (χ0) is 22.3. The lowest BCUT2D eigenvalue weighted by molar-refractivity contribution is 0.208. The van der Waals surface area contributed by atoms with Gasteiger partial charge in [0.05, 0.1) is 19.4 Å². The van der Waals surface area contributed by atoms with Gasteiger partial charge in [-0.2, -0.15) is 0 Å². The molecule has 32 heavy (non-hydrogen) atoms. The minimum Gasteiger partial charge on any atom is -0.497 e. The van der Waals surface area contributed by atoms with Gasteiger partial charge in [0.1, 0.15) is 11.5 Å². The average molecular weight is 434 g/mol. The van der Waals surface area contributed by atoms with Crippen molar-refractivity contribution in [2.45, 2.75) is 6.92 Å². The summed E-state index contributed by atoms with van der Waals surface area (Å²) in [6.07, 6.45) is 0. The maximum atomic E-state index is 12.6. The van der Waals surface area contributed by atoms with Crippen molar-refractivity contribution in [1.29, 1.82) is 0 Å². The summed E-state index contributed by atoms with van der Waals surface area (Å²) in [6.45, 7) is 5.18. The number of nitrogens with zero attached hydrogens (tertiary/aromatic N) is 4. The number of anilines is 2. The van der Waals surface area contributed by atoms with Crippen molar-refractivity contribution in [2.24, 2.45) is 0 Å². The topological polar surface area (TPSA) is 79.8 Å². The molecule has 1 aliphatic heterocycles. The molecule has 1 aliphatic rings.